The molecule has 0 saturated heterocycles. The first kappa shape index (κ1) is 10.4. The Morgan fingerprint density at radius 1 is 1.29 bits per heavy atom. The standard InChI is InChI=1S/C12H23NO/c1-4-8-5-9(6-8)13-10-7-11(14)12(10,2)3/h8-11,13-14H,4-7H2,1-3H3. The molecule has 0 amide bonds. The maximum Gasteiger partial charge on any atom is 0.0621 e. The number of hydrogen-bond donors (Lipinski definition) is 2. The summed E-state index contributed by atoms with van der Waals surface area (Å²) in [5.41, 5.74) is 0.0945. The van der Waals surface area contributed by atoms with Crippen molar-refractivity contribution in [3.05, 3.63) is 0 Å². The van der Waals surface area contributed by atoms with Gasteiger partial charge in [0.1, 0.15) is 0 Å². The molecule has 2 heteroatoms. The van der Waals surface area contributed by atoms with Gasteiger partial charge in [0.25, 0.3) is 0 Å². The van der Waals surface area contributed by atoms with Gasteiger partial charge in [-0.1, -0.05) is 27.2 Å². The summed E-state index contributed by atoms with van der Waals surface area (Å²) >= 11 is 0. The summed E-state index contributed by atoms with van der Waals surface area (Å²) in [5, 5.41) is 13.3. The van der Waals surface area contributed by atoms with Crippen LogP contribution in [0.3, 0.4) is 0 Å². The highest BCUT2D eigenvalue weighted by molar-refractivity contribution is 5.03. The quantitative estimate of drug-likeness (QED) is 0.724. The number of aliphatic hydroxyl groups excluding tert-OH is 1. The number of rotatable bonds is 3. The first-order valence-corrected chi connectivity index (χ1v) is 5.98. The first-order chi connectivity index (χ1) is 6.54. The van der Waals surface area contributed by atoms with Crippen LogP contribution < -0.4 is 5.32 Å². The molecule has 2 nitrogen and oxygen atoms in total. The summed E-state index contributed by atoms with van der Waals surface area (Å²) in [5.74, 6) is 0.959. The van der Waals surface area contributed by atoms with Gasteiger partial charge in [-0.15, -0.1) is 0 Å². The maximum absolute atomic E-state index is 9.61. The van der Waals surface area contributed by atoms with Crippen LogP contribution in [0.1, 0.15) is 46.5 Å². The van der Waals surface area contributed by atoms with E-state index in [0.717, 1.165) is 18.4 Å². The van der Waals surface area contributed by atoms with Crippen molar-refractivity contribution in [1.82, 2.24) is 5.32 Å². The molecule has 0 heterocycles. The van der Waals surface area contributed by atoms with Gasteiger partial charge in [0, 0.05) is 17.5 Å². The second-order valence-corrected chi connectivity index (χ2v) is 5.73. The van der Waals surface area contributed by atoms with E-state index < -0.39 is 0 Å². The summed E-state index contributed by atoms with van der Waals surface area (Å²) in [7, 11) is 0. The van der Waals surface area contributed by atoms with E-state index in [2.05, 4.69) is 26.1 Å². The topological polar surface area (TPSA) is 32.3 Å². The molecule has 0 aromatic carbocycles. The molecule has 82 valence electrons. The number of aliphatic hydroxyl groups is 1. The largest absolute Gasteiger partial charge is 0.392 e. The average Bonchev–Trinajstić information content (AvgIpc) is 2.08. The molecule has 2 atom stereocenters. The molecule has 0 aromatic rings. The minimum atomic E-state index is -0.0953. The van der Waals surface area contributed by atoms with Crippen molar-refractivity contribution in [2.75, 3.05) is 0 Å². The van der Waals surface area contributed by atoms with Gasteiger partial charge in [-0.2, -0.15) is 0 Å². The van der Waals surface area contributed by atoms with E-state index in [1.807, 2.05) is 0 Å². The van der Waals surface area contributed by atoms with Crippen LogP contribution in [0.5, 0.6) is 0 Å². The molecule has 2 fully saturated rings. The van der Waals surface area contributed by atoms with E-state index in [-0.39, 0.29) is 11.5 Å². The lowest BCUT2D eigenvalue weighted by Gasteiger charge is -2.52. The molecule has 0 spiro atoms. The summed E-state index contributed by atoms with van der Waals surface area (Å²) in [6.07, 6.45) is 4.87. The minimum absolute atomic E-state index is 0.0945. The average molecular weight is 197 g/mol. The first-order valence-electron chi connectivity index (χ1n) is 5.98. The van der Waals surface area contributed by atoms with Gasteiger partial charge in [-0.25, -0.2) is 0 Å². The monoisotopic (exact) mass is 197 g/mol. The van der Waals surface area contributed by atoms with E-state index in [9.17, 15) is 5.11 Å². The summed E-state index contributed by atoms with van der Waals surface area (Å²) < 4.78 is 0. The zero-order chi connectivity index (χ0) is 10.3. The summed E-state index contributed by atoms with van der Waals surface area (Å²) in [6, 6.07) is 1.28. The molecule has 2 aliphatic carbocycles. The lowest BCUT2D eigenvalue weighted by atomic mass is 9.63. The molecule has 2 rings (SSSR count). The van der Waals surface area contributed by atoms with Crippen molar-refractivity contribution in [2.45, 2.75) is 64.6 Å². The van der Waals surface area contributed by atoms with Crippen LogP contribution in [0.2, 0.25) is 0 Å². The Labute approximate surface area is 87.1 Å². The lowest BCUT2D eigenvalue weighted by molar-refractivity contribution is -0.0808. The molecule has 0 radical (unpaired) electrons. The molecule has 2 saturated carbocycles. The highest BCUT2D eigenvalue weighted by Crippen LogP contribution is 2.42. The molecule has 0 bridgehead atoms. The van der Waals surface area contributed by atoms with Gasteiger partial charge in [0.15, 0.2) is 0 Å². The molecular weight excluding hydrogens is 174 g/mol. The van der Waals surface area contributed by atoms with Crippen LogP contribution in [0.15, 0.2) is 0 Å². The van der Waals surface area contributed by atoms with Gasteiger partial charge in [-0.05, 0) is 25.2 Å². The maximum atomic E-state index is 9.61. The Morgan fingerprint density at radius 3 is 2.36 bits per heavy atom. The van der Waals surface area contributed by atoms with Gasteiger partial charge < -0.3 is 10.4 Å². The Hall–Kier alpha value is -0.0800. The predicted octanol–water partition coefficient (Wildman–Crippen LogP) is 1.92. The third-order valence-electron chi connectivity index (χ3n) is 4.47. The highest BCUT2D eigenvalue weighted by Gasteiger charge is 2.48. The van der Waals surface area contributed by atoms with Gasteiger partial charge in [0.05, 0.1) is 6.10 Å². The Kier molecular flexibility index (Phi) is 2.61. The Morgan fingerprint density at radius 2 is 1.93 bits per heavy atom. The van der Waals surface area contributed by atoms with Crippen LogP contribution >= 0.6 is 0 Å². The molecular formula is C12H23NO. The smallest absolute Gasteiger partial charge is 0.0621 e. The summed E-state index contributed by atoms with van der Waals surface area (Å²) in [6.45, 7) is 6.60. The number of hydrogen-bond acceptors (Lipinski definition) is 2. The minimum Gasteiger partial charge on any atom is -0.392 e. The Bertz CT molecular complexity index is 208. The number of nitrogens with one attached hydrogen (secondary N) is 1. The summed E-state index contributed by atoms with van der Waals surface area (Å²) in [4.78, 5) is 0. The normalized spacial score (nSPS) is 45.4. The fourth-order valence-corrected chi connectivity index (χ4v) is 2.67. The van der Waals surface area contributed by atoms with Crippen molar-refractivity contribution in [3.63, 3.8) is 0 Å². The second-order valence-electron chi connectivity index (χ2n) is 5.73. The molecule has 2 N–H and O–H groups in total. The SMILES string of the molecule is CCC1CC(NC2CC(O)C2(C)C)C1. The molecule has 0 aromatic heterocycles. The van der Waals surface area contributed by atoms with E-state index in [1.54, 1.807) is 0 Å². The lowest BCUT2D eigenvalue weighted by Crippen LogP contribution is -2.63. The van der Waals surface area contributed by atoms with E-state index in [0.29, 0.717) is 6.04 Å². The zero-order valence-corrected chi connectivity index (χ0v) is 9.59. The fourth-order valence-electron chi connectivity index (χ4n) is 2.67. The third-order valence-corrected chi connectivity index (χ3v) is 4.47. The van der Waals surface area contributed by atoms with Crippen LogP contribution in [-0.2, 0) is 0 Å². The fraction of sp³-hybridized carbons (Fsp3) is 1.00. The molecule has 2 aliphatic rings. The van der Waals surface area contributed by atoms with Crippen LogP contribution in [-0.4, -0.2) is 23.3 Å². The molecule has 2 unspecified atom stereocenters. The van der Waals surface area contributed by atoms with E-state index in [4.69, 9.17) is 0 Å². The van der Waals surface area contributed by atoms with E-state index in [1.165, 1.54) is 19.3 Å². The van der Waals surface area contributed by atoms with Crippen LogP contribution in [0, 0.1) is 11.3 Å². The van der Waals surface area contributed by atoms with Crippen molar-refractivity contribution in [3.8, 4) is 0 Å². The highest BCUT2D eigenvalue weighted by atomic mass is 16.3. The van der Waals surface area contributed by atoms with Crippen LogP contribution in [0.4, 0.5) is 0 Å². The molecule has 14 heavy (non-hydrogen) atoms. The van der Waals surface area contributed by atoms with Gasteiger partial charge in [-0.3, -0.25) is 0 Å². The van der Waals surface area contributed by atoms with Crippen molar-refractivity contribution < 1.29 is 5.11 Å². The zero-order valence-electron chi connectivity index (χ0n) is 9.59. The van der Waals surface area contributed by atoms with Crippen LogP contribution in [0.25, 0.3) is 0 Å². The van der Waals surface area contributed by atoms with Crippen molar-refractivity contribution >= 4 is 0 Å². The van der Waals surface area contributed by atoms with Gasteiger partial charge in [0.2, 0.25) is 0 Å². The van der Waals surface area contributed by atoms with Crippen molar-refractivity contribution in [1.29, 1.82) is 0 Å². The van der Waals surface area contributed by atoms with E-state index >= 15 is 0 Å². The second kappa shape index (κ2) is 3.49. The van der Waals surface area contributed by atoms with Crippen molar-refractivity contribution in [2.24, 2.45) is 11.3 Å². The van der Waals surface area contributed by atoms with Gasteiger partial charge >= 0.3 is 0 Å². The Balaban J connectivity index is 1.73. The third kappa shape index (κ3) is 1.59. The predicted molar refractivity (Wildman–Crippen MR) is 58.1 cm³/mol. The molecule has 0 aliphatic heterocycles.